The van der Waals surface area contributed by atoms with Crippen molar-refractivity contribution in [3.8, 4) is 6.07 Å². The van der Waals surface area contributed by atoms with Gasteiger partial charge in [0.1, 0.15) is 0 Å². The quantitative estimate of drug-likeness (QED) is 0.647. The highest BCUT2D eigenvalue weighted by atomic mass is 32.2. The topological polar surface area (TPSA) is 61.2 Å². The summed E-state index contributed by atoms with van der Waals surface area (Å²) >= 11 is 0. The molecule has 1 unspecified atom stereocenters. The van der Waals surface area contributed by atoms with Gasteiger partial charge in [-0.25, -0.2) is 8.42 Å². The maximum Gasteiger partial charge on any atom is 0.230 e. The second kappa shape index (κ2) is 5.13. The Morgan fingerprint density at radius 1 is 1.64 bits per heavy atom. The third-order valence-corrected chi connectivity index (χ3v) is 3.96. The van der Waals surface area contributed by atoms with Crippen LogP contribution in [0.1, 0.15) is 20.3 Å². The van der Waals surface area contributed by atoms with Crippen molar-refractivity contribution in [2.24, 2.45) is 0 Å². The molecule has 0 aromatic rings. The number of hydrogen-bond acceptors (Lipinski definition) is 3. The van der Waals surface area contributed by atoms with Crippen molar-refractivity contribution in [2.75, 3.05) is 13.6 Å². The molecule has 0 fully saturated rings. The van der Waals surface area contributed by atoms with Gasteiger partial charge in [-0.1, -0.05) is 19.1 Å². The molecule has 14 heavy (non-hydrogen) atoms. The lowest BCUT2D eigenvalue weighted by Gasteiger charge is -2.19. The molecule has 0 aliphatic rings. The summed E-state index contributed by atoms with van der Waals surface area (Å²) in [6, 6.07) is 1.79. The van der Waals surface area contributed by atoms with E-state index in [0.717, 1.165) is 5.57 Å². The van der Waals surface area contributed by atoms with E-state index in [0.29, 0.717) is 6.42 Å². The smallest absolute Gasteiger partial charge is 0.211 e. The average Bonchev–Trinajstić information content (AvgIpc) is 2.04. The molecular weight excluding hydrogens is 200 g/mol. The zero-order valence-electron chi connectivity index (χ0n) is 8.82. The van der Waals surface area contributed by atoms with Crippen LogP contribution in [0.15, 0.2) is 12.2 Å². The molecule has 0 aliphatic carbocycles. The van der Waals surface area contributed by atoms with Crippen molar-refractivity contribution in [2.45, 2.75) is 25.5 Å². The average molecular weight is 216 g/mol. The molecule has 1 atom stereocenters. The number of likely N-dealkylation sites (N-methyl/N-ethyl adjacent to an activating group) is 1. The summed E-state index contributed by atoms with van der Waals surface area (Å²) in [6.45, 7) is 7.32. The van der Waals surface area contributed by atoms with Crippen LogP contribution in [-0.2, 0) is 10.0 Å². The fourth-order valence-corrected chi connectivity index (χ4v) is 2.45. The normalized spacial score (nSPS) is 13.6. The molecule has 0 heterocycles. The van der Waals surface area contributed by atoms with Gasteiger partial charge in [-0.2, -0.15) is 9.57 Å². The van der Waals surface area contributed by atoms with E-state index in [1.54, 1.807) is 19.9 Å². The van der Waals surface area contributed by atoms with E-state index in [1.807, 2.05) is 0 Å². The van der Waals surface area contributed by atoms with Gasteiger partial charge in [-0.3, -0.25) is 0 Å². The van der Waals surface area contributed by atoms with Crippen LogP contribution in [0.5, 0.6) is 0 Å². The Balaban J connectivity index is 4.79. The highest BCUT2D eigenvalue weighted by Crippen LogP contribution is 2.11. The summed E-state index contributed by atoms with van der Waals surface area (Å²) in [4.78, 5) is 0. The number of nitrogens with zero attached hydrogens (tertiary/aromatic N) is 2. The standard InChI is InChI=1S/C9H16N2O2S/c1-5-9(6-10)14(12,13)11(4)7-8(2)3/h9H,2,5,7H2,1,3-4H3. The second-order valence-electron chi connectivity index (χ2n) is 3.28. The van der Waals surface area contributed by atoms with E-state index in [9.17, 15) is 8.42 Å². The molecule has 0 bridgehead atoms. The fraction of sp³-hybridized carbons (Fsp3) is 0.667. The van der Waals surface area contributed by atoms with Crippen LogP contribution in [0.25, 0.3) is 0 Å². The van der Waals surface area contributed by atoms with E-state index in [4.69, 9.17) is 5.26 Å². The van der Waals surface area contributed by atoms with Crippen molar-refractivity contribution in [1.82, 2.24) is 4.31 Å². The van der Waals surface area contributed by atoms with Gasteiger partial charge < -0.3 is 0 Å². The van der Waals surface area contributed by atoms with Crippen LogP contribution in [0, 0.1) is 11.3 Å². The maximum absolute atomic E-state index is 11.7. The summed E-state index contributed by atoms with van der Waals surface area (Å²) in [5.41, 5.74) is 0.754. The lowest BCUT2D eigenvalue weighted by Crippen LogP contribution is -2.35. The Labute approximate surface area is 85.9 Å². The van der Waals surface area contributed by atoms with Gasteiger partial charge in [0, 0.05) is 13.6 Å². The third kappa shape index (κ3) is 3.13. The summed E-state index contributed by atoms with van der Waals surface area (Å²) < 4.78 is 24.6. The monoisotopic (exact) mass is 216 g/mol. The van der Waals surface area contributed by atoms with Gasteiger partial charge in [-0.15, -0.1) is 0 Å². The molecule has 0 N–H and O–H groups in total. The number of rotatable bonds is 5. The Kier molecular flexibility index (Phi) is 4.81. The van der Waals surface area contributed by atoms with Crippen molar-refractivity contribution in [3.63, 3.8) is 0 Å². The van der Waals surface area contributed by atoms with E-state index < -0.39 is 15.3 Å². The van der Waals surface area contributed by atoms with Gasteiger partial charge in [0.2, 0.25) is 10.0 Å². The summed E-state index contributed by atoms with van der Waals surface area (Å²) in [5.74, 6) is 0. The zero-order valence-corrected chi connectivity index (χ0v) is 9.63. The Morgan fingerprint density at radius 2 is 2.14 bits per heavy atom. The van der Waals surface area contributed by atoms with E-state index in [1.165, 1.54) is 11.4 Å². The van der Waals surface area contributed by atoms with E-state index >= 15 is 0 Å². The van der Waals surface area contributed by atoms with Crippen LogP contribution in [0.2, 0.25) is 0 Å². The molecule has 0 radical (unpaired) electrons. The van der Waals surface area contributed by atoms with Crippen LogP contribution in [-0.4, -0.2) is 31.6 Å². The highest BCUT2D eigenvalue weighted by molar-refractivity contribution is 7.89. The molecule has 0 aliphatic heterocycles. The van der Waals surface area contributed by atoms with E-state index in [-0.39, 0.29) is 6.54 Å². The number of hydrogen-bond donors (Lipinski definition) is 0. The molecule has 0 saturated heterocycles. The molecule has 0 saturated carbocycles. The summed E-state index contributed by atoms with van der Waals surface area (Å²) in [7, 11) is -2.02. The first-order chi connectivity index (χ1) is 6.36. The third-order valence-electron chi connectivity index (χ3n) is 1.80. The Morgan fingerprint density at radius 3 is 2.43 bits per heavy atom. The van der Waals surface area contributed by atoms with Crippen LogP contribution in [0.4, 0.5) is 0 Å². The molecular formula is C9H16N2O2S. The predicted molar refractivity (Wildman–Crippen MR) is 56.1 cm³/mol. The molecule has 0 rings (SSSR count). The highest BCUT2D eigenvalue weighted by Gasteiger charge is 2.27. The molecule has 5 heteroatoms. The van der Waals surface area contributed by atoms with Gasteiger partial charge in [0.05, 0.1) is 6.07 Å². The minimum Gasteiger partial charge on any atom is -0.211 e. The van der Waals surface area contributed by atoms with Crippen LogP contribution < -0.4 is 0 Å². The molecule has 0 aromatic carbocycles. The second-order valence-corrected chi connectivity index (χ2v) is 5.51. The van der Waals surface area contributed by atoms with Gasteiger partial charge in [0.25, 0.3) is 0 Å². The number of nitriles is 1. The van der Waals surface area contributed by atoms with Crippen LogP contribution in [0.3, 0.4) is 0 Å². The molecule has 0 amide bonds. The minimum absolute atomic E-state index is 0.264. The lowest BCUT2D eigenvalue weighted by molar-refractivity contribution is 0.485. The van der Waals surface area contributed by atoms with Gasteiger partial charge >= 0.3 is 0 Å². The maximum atomic E-state index is 11.7. The molecule has 0 spiro atoms. The summed E-state index contributed by atoms with van der Waals surface area (Å²) in [5, 5.41) is 7.71. The zero-order chi connectivity index (χ0) is 11.4. The van der Waals surface area contributed by atoms with E-state index in [2.05, 4.69) is 6.58 Å². The van der Waals surface area contributed by atoms with Crippen molar-refractivity contribution < 1.29 is 8.42 Å². The Hall–Kier alpha value is -0.860. The van der Waals surface area contributed by atoms with Gasteiger partial charge in [0.15, 0.2) is 5.25 Å². The largest absolute Gasteiger partial charge is 0.230 e. The number of sulfonamides is 1. The first kappa shape index (κ1) is 13.1. The molecule has 0 aromatic heterocycles. The lowest BCUT2D eigenvalue weighted by atomic mass is 10.4. The molecule has 4 nitrogen and oxygen atoms in total. The minimum atomic E-state index is -3.48. The molecule has 80 valence electrons. The van der Waals surface area contributed by atoms with Crippen molar-refractivity contribution >= 4 is 10.0 Å². The van der Waals surface area contributed by atoms with Crippen molar-refractivity contribution in [3.05, 3.63) is 12.2 Å². The first-order valence-electron chi connectivity index (χ1n) is 4.35. The SMILES string of the molecule is C=C(C)CN(C)S(=O)(=O)C(C#N)CC. The fourth-order valence-electron chi connectivity index (χ4n) is 1.06. The van der Waals surface area contributed by atoms with Gasteiger partial charge in [-0.05, 0) is 13.3 Å². The van der Waals surface area contributed by atoms with Crippen molar-refractivity contribution in [1.29, 1.82) is 5.26 Å². The van der Waals surface area contributed by atoms with Crippen LogP contribution >= 0.6 is 0 Å². The first-order valence-corrected chi connectivity index (χ1v) is 5.85. The Bertz CT molecular complexity index is 340. The predicted octanol–water partition coefficient (Wildman–Crippen LogP) is 1.13. The summed E-state index contributed by atoms with van der Waals surface area (Å²) in [6.07, 6.45) is 0.305.